The van der Waals surface area contributed by atoms with Gasteiger partial charge in [-0.15, -0.1) is 0 Å². The minimum Gasteiger partial charge on any atom is -0.496 e. The summed E-state index contributed by atoms with van der Waals surface area (Å²) in [5.74, 6) is 0.885. The normalized spacial score (nSPS) is 10.8. The zero-order valence-corrected chi connectivity index (χ0v) is 12.9. The molecule has 4 heteroatoms. The van der Waals surface area contributed by atoms with E-state index in [1.807, 2.05) is 6.07 Å². The molecule has 0 fully saturated rings. The van der Waals surface area contributed by atoms with Crippen molar-refractivity contribution in [1.82, 2.24) is 5.32 Å². The molecule has 20 heavy (non-hydrogen) atoms. The molecule has 0 saturated heterocycles. The molecule has 0 aliphatic carbocycles. The van der Waals surface area contributed by atoms with E-state index in [9.17, 15) is 0 Å². The van der Waals surface area contributed by atoms with Crippen LogP contribution >= 0.6 is 0 Å². The maximum atomic E-state index is 5.66. The van der Waals surface area contributed by atoms with Crippen LogP contribution in [-0.4, -0.2) is 34.0 Å². The molecule has 0 radical (unpaired) electrons. The molecule has 1 aromatic carbocycles. The number of benzene rings is 1. The van der Waals surface area contributed by atoms with Crippen LogP contribution in [-0.2, 0) is 22.6 Å². The van der Waals surface area contributed by atoms with Crippen LogP contribution in [0.4, 0.5) is 0 Å². The second-order valence-electron chi connectivity index (χ2n) is 4.72. The van der Waals surface area contributed by atoms with Crippen LogP contribution < -0.4 is 10.1 Å². The van der Waals surface area contributed by atoms with Gasteiger partial charge in [0.25, 0.3) is 0 Å². The quantitative estimate of drug-likeness (QED) is 0.633. The van der Waals surface area contributed by atoms with E-state index in [2.05, 4.69) is 24.4 Å². The highest BCUT2D eigenvalue weighted by molar-refractivity contribution is 5.36. The number of methoxy groups -OCH3 is 2. The highest BCUT2D eigenvalue weighted by Gasteiger charge is 2.05. The number of ether oxygens (including phenoxy) is 3. The molecule has 4 nitrogen and oxygen atoms in total. The highest BCUT2D eigenvalue weighted by atomic mass is 16.5. The van der Waals surface area contributed by atoms with Crippen molar-refractivity contribution in [3.63, 3.8) is 0 Å². The average molecular weight is 281 g/mol. The Morgan fingerprint density at radius 2 is 2.00 bits per heavy atom. The van der Waals surface area contributed by atoms with Crippen LogP contribution in [0.1, 0.15) is 30.9 Å². The van der Waals surface area contributed by atoms with Gasteiger partial charge in [0.15, 0.2) is 0 Å². The minimum atomic E-state index is 0.578. The van der Waals surface area contributed by atoms with Crippen molar-refractivity contribution in [1.29, 1.82) is 0 Å². The Hall–Kier alpha value is -1.10. The van der Waals surface area contributed by atoms with Crippen LogP contribution in [0, 0.1) is 0 Å². The first kappa shape index (κ1) is 17.0. The first-order valence-corrected chi connectivity index (χ1v) is 7.25. The third kappa shape index (κ3) is 6.37. The fourth-order valence-corrected chi connectivity index (χ4v) is 1.95. The highest BCUT2D eigenvalue weighted by Crippen LogP contribution is 2.21. The third-order valence-electron chi connectivity index (χ3n) is 3.00. The van der Waals surface area contributed by atoms with Gasteiger partial charge >= 0.3 is 0 Å². The molecule has 0 unspecified atom stereocenters. The van der Waals surface area contributed by atoms with Gasteiger partial charge in [-0.2, -0.15) is 0 Å². The summed E-state index contributed by atoms with van der Waals surface area (Å²) >= 11 is 0. The fraction of sp³-hybridized carbons (Fsp3) is 0.625. The summed E-state index contributed by atoms with van der Waals surface area (Å²) in [4.78, 5) is 0. The number of hydrogen-bond acceptors (Lipinski definition) is 4. The van der Waals surface area contributed by atoms with Gasteiger partial charge in [0, 0.05) is 32.4 Å². The zero-order valence-electron chi connectivity index (χ0n) is 12.9. The van der Waals surface area contributed by atoms with E-state index in [4.69, 9.17) is 14.2 Å². The van der Waals surface area contributed by atoms with Gasteiger partial charge in [-0.05, 0) is 37.1 Å². The molecule has 114 valence electrons. The zero-order chi connectivity index (χ0) is 14.6. The summed E-state index contributed by atoms with van der Waals surface area (Å²) in [7, 11) is 3.40. The minimum absolute atomic E-state index is 0.578. The second kappa shape index (κ2) is 10.7. The third-order valence-corrected chi connectivity index (χ3v) is 3.00. The van der Waals surface area contributed by atoms with E-state index in [0.717, 1.165) is 43.9 Å². The molecule has 0 amide bonds. The molecular weight excluding hydrogens is 254 g/mol. The number of hydrogen-bond donors (Lipinski definition) is 1. The lowest BCUT2D eigenvalue weighted by Gasteiger charge is -2.12. The lowest BCUT2D eigenvalue weighted by molar-refractivity contribution is 0.0916. The molecule has 0 aromatic heterocycles. The summed E-state index contributed by atoms with van der Waals surface area (Å²) < 4.78 is 16.0. The standard InChI is InChI=1S/C16H27NO3/c1-4-8-17-12-14-6-7-16(19-3)15(11-14)13-20-10-5-9-18-2/h6-7,11,17H,4-5,8-10,12-13H2,1-3H3. The SMILES string of the molecule is CCCNCc1ccc(OC)c(COCCCOC)c1. The van der Waals surface area contributed by atoms with Crippen molar-refractivity contribution in [2.75, 3.05) is 34.0 Å². The smallest absolute Gasteiger partial charge is 0.124 e. The molecule has 0 aliphatic heterocycles. The average Bonchev–Trinajstić information content (AvgIpc) is 2.47. The lowest BCUT2D eigenvalue weighted by Crippen LogP contribution is -2.14. The largest absolute Gasteiger partial charge is 0.496 e. The maximum Gasteiger partial charge on any atom is 0.124 e. The summed E-state index contributed by atoms with van der Waals surface area (Å²) in [5, 5.41) is 3.40. The lowest BCUT2D eigenvalue weighted by atomic mass is 10.1. The van der Waals surface area contributed by atoms with E-state index in [1.54, 1.807) is 14.2 Å². The van der Waals surface area contributed by atoms with Gasteiger partial charge in [-0.25, -0.2) is 0 Å². The monoisotopic (exact) mass is 281 g/mol. The Bertz CT molecular complexity index is 369. The molecule has 1 aromatic rings. The Labute approximate surface area is 122 Å². The molecule has 0 spiro atoms. The van der Waals surface area contributed by atoms with Gasteiger partial charge in [0.2, 0.25) is 0 Å². The van der Waals surface area contributed by atoms with E-state index in [1.165, 1.54) is 5.56 Å². The number of nitrogens with one attached hydrogen (secondary N) is 1. The molecule has 0 saturated carbocycles. The van der Waals surface area contributed by atoms with Crippen molar-refractivity contribution in [2.45, 2.75) is 32.9 Å². The van der Waals surface area contributed by atoms with Gasteiger partial charge < -0.3 is 19.5 Å². The molecule has 1 N–H and O–H groups in total. The van der Waals surface area contributed by atoms with Crippen LogP contribution in [0.2, 0.25) is 0 Å². The molecule has 1 rings (SSSR count). The molecular formula is C16H27NO3. The van der Waals surface area contributed by atoms with E-state index < -0.39 is 0 Å². The second-order valence-corrected chi connectivity index (χ2v) is 4.72. The van der Waals surface area contributed by atoms with Crippen LogP contribution in [0.25, 0.3) is 0 Å². The van der Waals surface area contributed by atoms with Crippen molar-refractivity contribution in [3.05, 3.63) is 29.3 Å². The number of rotatable bonds is 11. The molecule has 0 atom stereocenters. The van der Waals surface area contributed by atoms with Crippen molar-refractivity contribution in [2.24, 2.45) is 0 Å². The van der Waals surface area contributed by atoms with Crippen LogP contribution in [0.5, 0.6) is 5.75 Å². The fourth-order valence-electron chi connectivity index (χ4n) is 1.95. The Balaban J connectivity index is 2.50. The Morgan fingerprint density at radius 1 is 1.15 bits per heavy atom. The maximum absolute atomic E-state index is 5.66. The van der Waals surface area contributed by atoms with Crippen molar-refractivity contribution < 1.29 is 14.2 Å². The molecule has 0 aliphatic rings. The van der Waals surface area contributed by atoms with Crippen LogP contribution in [0.15, 0.2) is 18.2 Å². The Morgan fingerprint density at radius 3 is 2.70 bits per heavy atom. The first-order valence-electron chi connectivity index (χ1n) is 7.25. The summed E-state index contributed by atoms with van der Waals surface area (Å²) in [6.07, 6.45) is 2.06. The van der Waals surface area contributed by atoms with Gasteiger partial charge in [0.1, 0.15) is 5.75 Å². The summed E-state index contributed by atoms with van der Waals surface area (Å²) in [5.41, 5.74) is 2.36. The summed E-state index contributed by atoms with van der Waals surface area (Å²) in [6.45, 7) is 6.10. The van der Waals surface area contributed by atoms with Gasteiger partial charge in [-0.3, -0.25) is 0 Å². The van der Waals surface area contributed by atoms with Crippen LogP contribution in [0.3, 0.4) is 0 Å². The van der Waals surface area contributed by atoms with E-state index >= 15 is 0 Å². The van der Waals surface area contributed by atoms with Gasteiger partial charge in [0.05, 0.1) is 13.7 Å². The molecule has 0 heterocycles. The predicted octanol–water partition coefficient (Wildman–Crippen LogP) is 2.75. The first-order chi connectivity index (χ1) is 9.81. The van der Waals surface area contributed by atoms with Crippen molar-refractivity contribution >= 4 is 0 Å². The Kier molecular flexibility index (Phi) is 9.04. The van der Waals surface area contributed by atoms with Gasteiger partial charge in [-0.1, -0.05) is 13.0 Å². The molecule has 0 bridgehead atoms. The topological polar surface area (TPSA) is 39.7 Å². The van der Waals surface area contributed by atoms with E-state index in [0.29, 0.717) is 13.2 Å². The predicted molar refractivity (Wildman–Crippen MR) is 81.1 cm³/mol. The van der Waals surface area contributed by atoms with Crippen molar-refractivity contribution in [3.8, 4) is 5.75 Å². The van der Waals surface area contributed by atoms with E-state index in [-0.39, 0.29) is 0 Å². The summed E-state index contributed by atoms with van der Waals surface area (Å²) in [6, 6.07) is 6.25.